The molecule has 1 fully saturated rings. The molecule has 1 N–H and O–H groups in total. The van der Waals surface area contributed by atoms with Gasteiger partial charge in [0, 0.05) is 37.0 Å². The second-order valence-corrected chi connectivity index (χ2v) is 4.53. The van der Waals surface area contributed by atoms with E-state index in [0.29, 0.717) is 19.7 Å². The number of benzene rings is 1. The lowest BCUT2D eigenvalue weighted by Gasteiger charge is -2.24. The van der Waals surface area contributed by atoms with Crippen molar-refractivity contribution in [1.82, 2.24) is 15.5 Å². The average molecular weight is 293 g/mol. The molecule has 5 nitrogen and oxygen atoms in total. The minimum Gasteiger partial charge on any atom is -0.434 e. The van der Waals surface area contributed by atoms with Gasteiger partial charge in [-0.05, 0) is 12.1 Å². The zero-order chi connectivity index (χ0) is 14.7. The standard InChI is InChI=1S/C14H13F2N3O2/c15-10-7-11(16)12(21-14-2-1-3-18-19-14)6-9(10)13-8-17-4-5-20-13/h1-3,6-7,13,17H,4-5,8H2/t13-/m1/s1. The number of ether oxygens (including phenoxy) is 2. The van der Waals surface area contributed by atoms with E-state index in [1.807, 2.05) is 0 Å². The van der Waals surface area contributed by atoms with Gasteiger partial charge in [-0.25, -0.2) is 8.78 Å². The van der Waals surface area contributed by atoms with Gasteiger partial charge in [0.1, 0.15) is 5.82 Å². The third-order valence-electron chi connectivity index (χ3n) is 3.09. The van der Waals surface area contributed by atoms with Gasteiger partial charge in [0.15, 0.2) is 11.6 Å². The number of hydrogen-bond donors (Lipinski definition) is 1. The van der Waals surface area contributed by atoms with E-state index < -0.39 is 17.7 Å². The molecule has 110 valence electrons. The number of nitrogens with one attached hydrogen (secondary N) is 1. The average Bonchev–Trinajstić information content (AvgIpc) is 2.52. The van der Waals surface area contributed by atoms with Crippen LogP contribution in [-0.4, -0.2) is 29.9 Å². The van der Waals surface area contributed by atoms with E-state index in [0.717, 1.165) is 6.07 Å². The predicted octanol–water partition coefficient (Wildman–Crippen LogP) is 2.21. The summed E-state index contributed by atoms with van der Waals surface area (Å²) in [6, 6.07) is 5.24. The number of morpholine rings is 1. The predicted molar refractivity (Wildman–Crippen MR) is 70.0 cm³/mol. The largest absolute Gasteiger partial charge is 0.434 e. The van der Waals surface area contributed by atoms with Crippen LogP contribution in [0.2, 0.25) is 0 Å². The highest BCUT2D eigenvalue weighted by Crippen LogP contribution is 2.30. The minimum atomic E-state index is -0.800. The molecule has 0 spiro atoms. The van der Waals surface area contributed by atoms with Crippen molar-refractivity contribution in [3.05, 3.63) is 47.7 Å². The van der Waals surface area contributed by atoms with Crippen molar-refractivity contribution in [1.29, 1.82) is 0 Å². The quantitative estimate of drug-likeness (QED) is 0.940. The molecule has 0 unspecified atom stereocenters. The van der Waals surface area contributed by atoms with Crippen molar-refractivity contribution in [2.45, 2.75) is 6.10 Å². The van der Waals surface area contributed by atoms with Crippen LogP contribution in [0.25, 0.3) is 0 Å². The molecule has 1 aromatic heterocycles. The van der Waals surface area contributed by atoms with Gasteiger partial charge in [-0.15, -0.1) is 5.10 Å². The third kappa shape index (κ3) is 3.14. The molecule has 1 saturated heterocycles. The number of halogens is 2. The molecule has 0 amide bonds. The number of rotatable bonds is 3. The number of hydrogen-bond acceptors (Lipinski definition) is 5. The molecule has 1 atom stereocenters. The van der Waals surface area contributed by atoms with Crippen molar-refractivity contribution in [3.63, 3.8) is 0 Å². The zero-order valence-corrected chi connectivity index (χ0v) is 11.1. The molecule has 7 heteroatoms. The summed E-state index contributed by atoms with van der Waals surface area (Å²) in [4.78, 5) is 0. The summed E-state index contributed by atoms with van der Waals surface area (Å²) >= 11 is 0. The topological polar surface area (TPSA) is 56.3 Å². The second kappa shape index (κ2) is 6.11. The Kier molecular flexibility index (Phi) is 4.03. The van der Waals surface area contributed by atoms with Crippen LogP contribution in [0.3, 0.4) is 0 Å². The summed E-state index contributed by atoms with van der Waals surface area (Å²) in [6.45, 7) is 1.65. The van der Waals surface area contributed by atoms with E-state index in [1.165, 1.54) is 18.3 Å². The van der Waals surface area contributed by atoms with Gasteiger partial charge in [0.25, 0.3) is 0 Å². The Hall–Kier alpha value is -2.12. The summed E-state index contributed by atoms with van der Waals surface area (Å²) in [5.41, 5.74) is 0.252. The van der Waals surface area contributed by atoms with Gasteiger partial charge < -0.3 is 14.8 Å². The van der Waals surface area contributed by atoms with Gasteiger partial charge in [-0.3, -0.25) is 0 Å². The SMILES string of the molecule is Fc1cc(F)c([C@H]2CNCCO2)cc1Oc1cccnn1. The summed E-state index contributed by atoms with van der Waals surface area (Å²) in [6.07, 6.45) is 1.00. The van der Waals surface area contributed by atoms with Crippen LogP contribution >= 0.6 is 0 Å². The van der Waals surface area contributed by atoms with E-state index in [9.17, 15) is 8.78 Å². The van der Waals surface area contributed by atoms with Gasteiger partial charge in [0.05, 0.1) is 12.7 Å². The Morgan fingerprint density at radius 3 is 2.90 bits per heavy atom. The van der Waals surface area contributed by atoms with Crippen LogP contribution in [0.5, 0.6) is 11.6 Å². The Bertz CT molecular complexity index is 619. The molecule has 3 rings (SSSR count). The summed E-state index contributed by atoms with van der Waals surface area (Å²) < 4.78 is 38.5. The fraction of sp³-hybridized carbons (Fsp3) is 0.286. The molecule has 2 aromatic rings. The van der Waals surface area contributed by atoms with Crippen molar-refractivity contribution < 1.29 is 18.3 Å². The van der Waals surface area contributed by atoms with Gasteiger partial charge in [-0.2, -0.15) is 5.10 Å². The van der Waals surface area contributed by atoms with Crippen LogP contribution < -0.4 is 10.1 Å². The van der Waals surface area contributed by atoms with Crippen LogP contribution in [0.4, 0.5) is 8.78 Å². The first-order valence-electron chi connectivity index (χ1n) is 6.51. The van der Waals surface area contributed by atoms with Crippen molar-refractivity contribution in [2.75, 3.05) is 19.7 Å². The first-order chi connectivity index (χ1) is 10.2. The molecule has 0 radical (unpaired) electrons. The molecule has 21 heavy (non-hydrogen) atoms. The first-order valence-corrected chi connectivity index (χ1v) is 6.51. The highest BCUT2D eigenvalue weighted by molar-refractivity contribution is 5.35. The zero-order valence-electron chi connectivity index (χ0n) is 11.1. The Balaban J connectivity index is 1.89. The first kappa shape index (κ1) is 13.8. The maximum atomic E-state index is 13.9. The van der Waals surface area contributed by atoms with Crippen LogP contribution in [0, 0.1) is 11.6 Å². The highest BCUT2D eigenvalue weighted by atomic mass is 19.1. The lowest BCUT2D eigenvalue weighted by atomic mass is 10.1. The summed E-state index contributed by atoms with van der Waals surface area (Å²) in [5.74, 6) is -1.43. The van der Waals surface area contributed by atoms with Gasteiger partial charge in [0.2, 0.25) is 5.88 Å². The van der Waals surface area contributed by atoms with Crippen LogP contribution in [0.1, 0.15) is 11.7 Å². The fourth-order valence-corrected chi connectivity index (χ4v) is 2.09. The normalized spacial score (nSPS) is 18.5. The van der Waals surface area contributed by atoms with Crippen LogP contribution in [0.15, 0.2) is 30.5 Å². The molecular weight excluding hydrogens is 280 g/mol. The number of aromatic nitrogens is 2. The summed E-state index contributed by atoms with van der Waals surface area (Å²) in [5, 5.41) is 10.4. The molecule has 0 aliphatic carbocycles. The van der Waals surface area contributed by atoms with E-state index >= 15 is 0 Å². The molecule has 1 aromatic carbocycles. The third-order valence-corrected chi connectivity index (χ3v) is 3.09. The monoisotopic (exact) mass is 293 g/mol. The van der Waals surface area contributed by atoms with Gasteiger partial charge >= 0.3 is 0 Å². The van der Waals surface area contributed by atoms with Crippen molar-refractivity contribution in [2.24, 2.45) is 0 Å². The Morgan fingerprint density at radius 1 is 1.29 bits per heavy atom. The van der Waals surface area contributed by atoms with Gasteiger partial charge in [-0.1, -0.05) is 0 Å². The van der Waals surface area contributed by atoms with Crippen molar-refractivity contribution in [3.8, 4) is 11.6 Å². The van der Waals surface area contributed by atoms with Crippen molar-refractivity contribution >= 4 is 0 Å². The molecular formula is C14H13F2N3O2. The van der Waals surface area contributed by atoms with Crippen LogP contribution in [-0.2, 0) is 4.74 Å². The lowest BCUT2D eigenvalue weighted by molar-refractivity contribution is 0.0253. The lowest BCUT2D eigenvalue weighted by Crippen LogP contribution is -2.33. The van der Waals surface area contributed by atoms with E-state index in [-0.39, 0.29) is 17.2 Å². The summed E-state index contributed by atoms with van der Waals surface area (Å²) in [7, 11) is 0. The molecule has 2 heterocycles. The van der Waals surface area contributed by atoms with E-state index in [4.69, 9.17) is 9.47 Å². The Morgan fingerprint density at radius 2 is 2.19 bits per heavy atom. The highest BCUT2D eigenvalue weighted by Gasteiger charge is 2.22. The maximum absolute atomic E-state index is 13.9. The molecule has 1 aliphatic heterocycles. The minimum absolute atomic E-state index is 0.110. The van der Waals surface area contributed by atoms with E-state index in [2.05, 4.69) is 15.5 Å². The van der Waals surface area contributed by atoms with E-state index in [1.54, 1.807) is 6.07 Å². The second-order valence-electron chi connectivity index (χ2n) is 4.53. The maximum Gasteiger partial charge on any atom is 0.238 e. The fourth-order valence-electron chi connectivity index (χ4n) is 2.09. The smallest absolute Gasteiger partial charge is 0.238 e. The molecule has 0 bridgehead atoms. The Labute approximate surface area is 119 Å². The molecule has 1 aliphatic rings. The number of nitrogens with zero attached hydrogens (tertiary/aromatic N) is 2. The molecule has 0 saturated carbocycles.